The number of hydrogen-bond acceptors (Lipinski definition) is 5. The number of nitrogens with zero attached hydrogens (tertiary/aromatic N) is 2. The molecule has 0 aromatic heterocycles. The lowest BCUT2D eigenvalue weighted by Gasteiger charge is -2.28. The third kappa shape index (κ3) is 8.36. The molecule has 198 valence electrons. The van der Waals surface area contributed by atoms with Gasteiger partial charge in [0, 0.05) is 49.4 Å². The highest BCUT2D eigenvalue weighted by Gasteiger charge is 2.25. The van der Waals surface area contributed by atoms with Crippen molar-refractivity contribution in [3.05, 3.63) is 70.3 Å². The lowest BCUT2D eigenvalue weighted by molar-refractivity contribution is 0.0528. The maximum Gasteiger partial charge on any atom is 0.254 e. The van der Waals surface area contributed by atoms with Crippen molar-refractivity contribution in [3.63, 3.8) is 0 Å². The first-order valence-corrected chi connectivity index (χ1v) is 12.3. The number of carbonyl (C=O) groups is 2. The molecule has 2 amide bonds. The lowest BCUT2D eigenvalue weighted by Crippen LogP contribution is -2.47. The van der Waals surface area contributed by atoms with Crippen molar-refractivity contribution in [3.8, 4) is 0 Å². The summed E-state index contributed by atoms with van der Waals surface area (Å²) in [5.74, 6) is -2.12. The van der Waals surface area contributed by atoms with Crippen LogP contribution in [0.5, 0.6) is 0 Å². The van der Waals surface area contributed by atoms with Crippen LogP contribution in [0.1, 0.15) is 58.5 Å². The van der Waals surface area contributed by atoms with Gasteiger partial charge < -0.3 is 25.7 Å². The number of hydrogen-bond donors (Lipinski definition) is 3. The molecule has 0 unspecified atom stereocenters. The molecule has 0 aliphatic heterocycles. The summed E-state index contributed by atoms with van der Waals surface area (Å²) in [5.41, 5.74) is 7.73. The zero-order valence-electron chi connectivity index (χ0n) is 21.2. The van der Waals surface area contributed by atoms with Crippen molar-refractivity contribution in [1.29, 1.82) is 0 Å². The highest BCUT2D eigenvalue weighted by molar-refractivity contribution is 6.00. The number of carbonyl (C=O) groups excluding carboxylic acids is 2. The van der Waals surface area contributed by atoms with Crippen LogP contribution in [0, 0.1) is 18.6 Å². The molecule has 2 aromatic rings. The third-order valence-corrected chi connectivity index (χ3v) is 5.80. The average molecular weight is 506 g/mol. The van der Waals surface area contributed by atoms with Gasteiger partial charge >= 0.3 is 0 Å². The summed E-state index contributed by atoms with van der Waals surface area (Å²) in [5, 5.41) is 20.2. The number of aliphatic hydroxyl groups is 2. The van der Waals surface area contributed by atoms with Crippen LogP contribution >= 0.6 is 0 Å². The van der Waals surface area contributed by atoms with Gasteiger partial charge in [-0.3, -0.25) is 9.59 Å². The van der Waals surface area contributed by atoms with E-state index in [0.29, 0.717) is 18.7 Å². The zero-order chi connectivity index (χ0) is 26.8. The number of aliphatic hydroxyl groups excluding tert-OH is 2. The molecule has 2 rings (SSSR count). The monoisotopic (exact) mass is 505 g/mol. The first kappa shape index (κ1) is 29.4. The number of aryl methyl sites for hydroxylation is 1. The fourth-order valence-electron chi connectivity index (χ4n) is 4.14. The molecule has 0 aliphatic rings. The van der Waals surface area contributed by atoms with Gasteiger partial charge in [-0.2, -0.15) is 0 Å². The minimum absolute atomic E-state index is 0.00914. The Morgan fingerprint density at radius 2 is 1.42 bits per heavy atom. The quantitative estimate of drug-likeness (QED) is 0.388. The smallest absolute Gasteiger partial charge is 0.254 e. The largest absolute Gasteiger partial charge is 0.395 e. The van der Waals surface area contributed by atoms with Crippen molar-refractivity contribution in [1.82, 2.24) is 9.80 Å². The summed E-state index contributed by atoms with van der Waals surface area (Å²) < 4.78 is 27.0. The molecule has 0 spiro atoms. The number of rotatable bonds is 13. The molecule has 0 aliphatic carbocycles. The summed E-state index contributed by atoms with van der Waals surface area (Å²) in [4.78, 5) is 29.4. The highest BCUT2D eigenvalue weighted by Crippen LogP contribution is 2.17. The van der Waals surface area contributed by atoms with E-state index in [4.69, 9.17) is 5.73 Å². The molecule has 0 bridgehead atoms. The molecule has 2 aromatic carbocycles. The molecule has 7 nitrogen and oxygen atoms in total. The Labute approximate surface area is 211 Å². The van der Waals surface area contributed by atoms with E-state index in [0.717, 1.165) is 36.6 Å². The van der Waals surface area contributed by atoms with Crippen LogP contribution in [0.3, 0.4) is 0 Å². The molecule has 0 saturated heterocycles. The van der Waals surface area contributed by atoms with Gasteiger partial charge in [0.05, 0.1) is 12.7 Å². The molecule has 0 saturated carbocycles. The predicted molar refractivity (Wildman–Crippen MR) is 135 cm³/mol. The standard InChI is InChI=1S/C27H37F2N3O4/c1-4-6-31(7-5-2)26(35)20-10-18(3)11-21(15-20)27(36)32(8-9-33)17-25(34)24(30)14-19-12-22(28)16-23(29)13-19/h10-13,15-16,24-25,33-34H,4-9,14,17,30H2,1-3H3/t24-,25+/m0/s1. The van der Waals surface area contributed by atoms with Crippen molar-refractivity contribution >= 4 is 11.8 Å². The van der Waals surface area contributed by atoms with Gasteiger partial charge in [-0.15, -0.1) is 0 Å². The Morgan fingerprint density at radius 1 is 0.889 bits per heavy atom. The fourth-order valence-corrected chi connectivity index (χ4v) is 4.14. The van der Waals surface area contributed by atoms with E-state index in [1.165, 1.54) is 11.0 Å². The van der Waals surface area contributed by atoms with E-state index in [9.17, 15) is 28.6 Å². The normalized spacial score (nSPS) is 12.8. The second-order valence-electron chi connectivity index (χ2n) is 9.07. The van der Waals surface area contributed by atoms with Crippen molar-refractivity contribution < 1.29 is 28.6 Å². The van der Waals surface area contributed by atoms with Gasteiger partial charge in [0.15, 0.2) is 0 Å². The Kier molecular flexibility index (Phi) is 11.4. The Hall–Kier alpha value is -2.88. The summed E-state index contributed by atoms with van der Waals surface area (Å²) >= 11 is 0. The second-order valence-corrected chi connectivity index (χ2v) is 9.07. The molecule has 0 fully saturated rings. The first-order valence-electron chi connectivity index (χ1n) is 12.3. The van der Waals surface area contributed by atoms with Crippen molar-refractivity contribution in [2.45, 2.75) is 52.2 Å². The molecule has 0 radical (unpaired) electrons. The van der Waals surface area contributed by atoms with Gasteiger partial charge in [0.2, 0.25) is 0 Å². The molecule has 9 heteroatoms. The second kappa shape index (κ2) is 14.0. The summed E-state index contributed by atoms with van der Waals surface area (Å²) in [6, 6.07) is 7.02. The summed E-state index contributed by atoms with van der Waals surface area (Å²) in [7, 11) is 0. The van der Waals surface area contributed by atoms with Gasteiger partial charge in [-0.1, -0.05) is 13.8 Å². The minimum atomic E-state index is -1.22. The van der Waals surface area contributed by atoms with Gasteiger partial charge in [-0.05, 0) is 67.6 Å². The van der Waals surface area contributed by atoms with Crippen LogP contribution in [0.4, 0.5) is 8.78 Å². The van der Waals surface area contributed by atoms with Crippen LogP contribution in [0.2, 0.25) is 0 Å². The van der Waals surface area contributed by atoms with Gasteiger partial charge in [0.25, 0.3) is 11.8 Å². The lowest BCUT2D eigenvalue weighted by atomic mass is 10.0. The van der Waals surface area contributed by atoms with Crippen molar-refractivity contribution in [2.24, 2.45) is 5.73 Å². The molecule has 0 heterocycles. The van der Waals surface area contributed by atoms with E-state index < -0.39 is 29.7 Å². The molecule has 36 heavy (non-hydrogen) atoms. The van der Waals surface area contributed by atoms with Gasteiger partial charge in [-0.25, -0.2) is 8.78 Å². The number of halogens is 2. The van der Waals surface area contributed by atoms with Crippen molar-refractivity contribution in [2.75, 3.05) is 32.8 Å². The van der Waals surface area contributed by atoms with Crippen LogP contribution in [0.15, 0.2) is 36.4 Å². The minimum Gasteiger partial charge on any atom is -0.395 e. The van der Waals surface area contributed by atoms with Gasteiger partial charge in [0.1, 0.15) is 11.6 Å². The Morgan fingerprint density at radius 3 is 1.92 bits per heavy atom. The molecule has 4 N–H and O–H groups in total. The summed E-state index contributed by atoms with van der Waals surface area (Å²) in [6.07, 6.45) is 0.398. The van der Waals surface area contributed by atoms with E-state index in [-0.39, 0.29) is 43.2 Å². The Balaban J connectivity index is 2.21. The fraction of sp³-hybridized carbons (Fsp3) is 0.481. The molecular formula is C27H37F2N3O4. The Bertz CT molecular complexity index is 1010. The summed E-state index contributed by atoms with van der Waals surface area (Å²) in [6.45, 7) is 6.39. The van der Waals surface area contributed by atoms with Crippen LogP contribution in [-0.4, -0.2) is 76.8 Å². The predicted octanol–water partition coefficient (Wildman–Crippen LogP) is 2.90. The maximum absolute atomic E-state index is 13.5. The highest BCUT2D eigenvalue weighted by atomic mass is 19.1. The van der Waals surface area contributed by atoms with Crippen LogP contribution in [0.25, 0.3) is 0 Å². The third-order valence-electron chi connectivity index (χ3n) is 5.80. The first-order chi connectivity index (χ1) is 17.1. The molecular weight excluding hydrogens is 468 g/mol. The van der Waals surface area contributed by atoms with E-state index in [1.807, 2.05) is 13.8 Å². The number of benzene rings is 2. The van der Waals surface area contributed by atoms with Crippen LogP contribution < -0.4 is 5.73 Å². The SMILES string of the molecule is CCCN(CCC)C(=O)c1cc(C)cc(C(=O)N(CCO)C[C@@H](O)[C@@H](N)Cc2cc(F)cc(F)c2)c1. The zero-order valence-corrected chi connectivity index (χ0v) is 21.2. The maximum atomic E-state index is 13.5. The molecule has 2 atom stereocenters. The number of amides is 2. The van der Waals surface area contributed by atoms with E-state index in [2.05, 4.69) is 0 Å². The topological polar surface area (TPSA) is 107 Å². The average Bonchev–Trinajstić information content (AvgIpc) is 2.81. The van der Waals surface area contributed by atoms with Crippen LogP contribution in [-0.2, 0) is 6.42 Å². The number of nitrogens with two attached hydrogens (primary N) is 1. The van der Waals surface area contributed by atoms with E-state index in [1.54, 1.807) is 24.0 Å². The van der Waals surface area contributed by atoms with E-state index >= 15 is 0 Å².